The van der Waals surface area contributed by atoms with Crippen molar-refractivity contribution in [2.75, 3.05) is 11.4 Å². The maximum absolute atomic E-state index is 12.0. The highest BCUT2D eigenvalue weighted by Crippen LogP contribution is 2.21. The number of hydrazine groups is 1. The quantitative estimate of drug-likeness (QED) is 0.769. The summed E-state index contributed by atoms with van der Waals surface area (Å²) in [6, 6.07) is 9.20. The Morgan fingerprint density at radius 2 is 1.81 bits per heavy atom. The zero-order valence-corrected chi connectivity index (χ0v) is 15.5. The van der Waals surface area contributed by atoms with E-state index in [1.807, 2.05) is 44.2 Å². The standard InChI is InChI=1S/C19H23N5O3/c1-13-10-14(2)24(22-13)12-18(26)21-20-17(25)11-15-5-7-16(8-6-15)23-9-3-4-19(23)27/h5-8,10H,3-4,9,11-12H2,1-2H3,(H,20,25)(H,21,26). The molecule has 1 aliphatic rings. The summed E-state index contributed by atoms with van der Waals surface area (Å²) in [5, 5.41) is 4.21. The minimum Gasteiger partial charge on any atom is -0.312 e. The first-order valence-electron chi connectivity index (χ1n) is 8.90. The Morgan fingerprint density at radius 3 is 2.41 bits per heavy atom. The number of amides is 3. The molecule has 142 valence electrons. The summed E-state index contributed by atoms with van der Waals surface area (Å²) in [5.74, 6) is -0.537. The molecule has 1 aromatic carbocycles. The number of hydrogen-bond donors (Lipinski definition) is 2. The molecule has 0 spiro atoms. The number of anilines is 1. The van der Waals surface area contributed by atoms with Gasteiger partial charge < -0.3 is 4.90 Å². The average Bonchev–Trinajstić information content (AvgIpc) is 3.19. The first-order valence-corrected chi connectivity index (χ1v) is 8.90. The van der Waals surface area contributed by atoms with E-state index in [1.54, 1.807) is 9.58 Å². The maximum atomic E-state index is 12.0. The minimum absolute atomic E-state index is 0.0402. The van der Waals surface area contributed by atoms with Crippen LogP contribution in [0.5, 0.6) is 0 Å². The largest absolute Gasteiger partial charge is 0.312 e. The number of carbonyl (C=O) groups excluding carboxylic acids is 3. The van der Waals surface area contributed by atoms with Gasteiger partial charge in [0.1, 0.15) is 6.54 Å². The molecule has 0 bridgehead atoms. The molecule has 2 aromatic rings. The smallest absolute Gasteiger partial charge is 0.260 e. The van der Waals surface area contributed by atoms with Gasteiger partial charge in [0.05, 0.1) is 12.1 Å². The molecular formula is C19H23N5O3. The summed E-state index contributed by atoms with van der Waals surface area (Å²) >= 11 is 0. The molecule has 2 heterocycles. The van der Waals surface area contributed by atoms with Crippen LogP contribution in [-0.2, 0) is 27.3 Å². The number of nitrogens with zero attached hydrogens (tertiary/aromatic N) is 3. The molecular weight excluding hydrogens is 346 g/mol. The van der Waals surface area contributed by atoms with Gasteiger partial charge in [-0.05, 0) is 44.0 Å². The number of benzene rings is 1. The number of aromatic nitrogens is 2. The molecule has 3 rings (SSSR count). The summed E-state index contributed by atoms with van der Waals surface area (Å²) in [7, 11) is 0. The topological polar surface area (TPSA) is 96.3 Å². The third-order valence-electron chi connectivity index (χ3n) is 4.42. The van der Waals surface area contributed by atoms with Crippen LogP contribution in [0.4, 0.5) is 5.69 Å². The predicted octanol–water partition coefficient (Wildman–Crippen LogP) is 1.02. The van der Waals surface area contributed by atoms with E-state index in [0.717, 1.165) is 35.6 Å². The van der Waals surface area contributed by atoms with Crippen LogP contribution in [0.15, 0.2) is 30.3 Å². The molecule has 0 atom stereocenters. The number of nitrogens with one attached hydrogen (secondary N) is 2. The molecule has 2 N–H and O–H groups in total. The Labute approximate surface area is 157 Å². The SMILES string of the molecule is Cc1cc(C)n(CC(=O)NNC(=O)Cc2ccc(N3CCCC3=O)cc2)n1. The van der Waals surface area contributed by atoms with Gasteiger partial charge in [-0.15, -0.1) is 0 Å². The van der Waals surface area contributed by atoms with Crippen molar-refractivity contribution in [1.82, 2.24) is 20.6 Å². The van der Waals surface area contributed by atoms with Crippen molar-refractivity contribution in [2.24, 2.45) is 0 Å². The highest BCUT2D eigenvalue weighted by atomic mass is 16.2. The van der Waals surface area contributed by atoms with Crippen molar-refractivity contribution in [3.05, 3.63) is 47.3 Å². The molecule has 27 heavy (non-hydrogen) atoms. The lowest BCUT2D eigenvalue weighted by Gasteiger charge is -2.16. The van der Waals surface area contributed by atoms with E-state index in [0.29, 0.717) is 6.42 Å². The summed E-state index contributed by atoms with van der Waals surface area (Å²) in [6.07, 6.45) is 1.59. The van der Waals surface area contributed by atoms with E-state index in [2.05, 4.69) is 16.0 Å². The Morgan fingerprint density at radius 1 is 1.11 bits per heavy atom. The fourth-order valence-corrected chi connectivity index (χ4v) is 3.09. The molecule has 8 heteroatoms. The zero-order valence-electron chi connectivity index (χ0n) is 15.5. The zero-order chi connectivity index (χ0) is 19.4. The molecule has 0 aliphatic carbocycles. The van der Waals surface area contributed by atoms with Crippen LogP contribution in [0.1, 0.15) is 29.8 Å². The third-order valence-corrected chi connectivity index (χ3v) is 4.42. The number of hydrogen-bond acceptors (Lipinski definition) is 4. The first kappa shape index (κ1) is 18.6. The van der Waals surface area contributed by atoms with Gasteiger partial charge in [0, 0.05) is 24.3 Å². The van der Waals surface area contributed by atoms with Crippen molar-refractivity contribution in [1.29, 1.82) is 0 Å². The number of carbonyl (C=O) groups is 3. The Bertz CT molecular complexity index is 857. The van der Waals surface area contributed by atoms with Crippen LogP contribution in [0, 0.1) is 13.8 Å². The third kappa shape index (κ3) is 4.72. The second-order valence-corrected chi connectivity index (χ2v) is 6.67. The van der Waals surface area contributed by atoms with Gasteiger partial charge in [-0.2, -0.15) is 5.10 Å². The van der Waals surface area contributed by atoms with Crippen LogP contribution >= 0.6 is 0 Å². The van der Waals surface area contributed by atoms with Crippen LogP contribution < -0.4 is 15.8 Å². The molecule has 1 aliphatic heterocycles. The molecule has 8 nitrogen and oxygen atoms in total. The van der Waals surface area contributed by atoms with Crippen LogP contribution in [0.25, 0.3) is 0 Å². The van der Waals surface area contributed by atoms with Gasteiger partial charge >= 0.3 is 0 Å². The Balaban J connectivity index is 1.47. The maximum Gasteiger partial charge on any atom is 0.260 e. The molecule has 3 amide bonds. The van der Waals surface area contributed by atoms with Gasteiger partial charge in [-0.25, -0.2) is 0 Å². The predicted molar refractivity (Wildman–Crippen MR) is 99.7 cm³/mol. The monoisotopic (exact) mass is 369 g/mol. The first-order chi connectivity index (χ1) is 12.9. The summed E-state index contributed by atoms with van der Waals surface area (Å²) in [4.78, 5) is 37.5. The average molecular weight is 369 g/mol. The molecule has 0 unspecified atom stereocenters. The molecule has 1 saturated heterocycles. The molecule has 1 fully saturated rings. The second kappa shape index (κ2) is 8.03. The van der Waals surface area contributed by atoms with Crippen LogP contribution in [-0.4, -0.2) is 34.0 Å². The van der Waals surface area contributed by atoms with Crippen LogP contribution in [0.2, 0.25) is 0 Å². The summed E-state index contributed by atoms with van der Waals surface area (Å²) in [6.45, 7) is 4.50. The van der Waals surface area contributed by atoms with Crippen molar-refractivity contribution in [3.63, 3.8) is 0 Å². The van der Waals surface area contributed by atoms with E-state index in [9.17, 15) is 14.4 Å². The van der Waals surface area contributed by atoms with Gasteiger partial charge in [0.2, 0.25) is 11.8 Å². The fourth-order valence-electron chi connectivity index (χ4n) is 3.09. The molecule has 0 radical (unpaired) electrons. The summed E-state index contributed by atoms with van der Waals surface area (Å²) < 4.78 is 1.58. The van der Waals surface area contributed by atoms with E-state index >= 15 is 0 Å². The van der Waals surface area contributed by atoms with E-state index in [-0.39, 0.29) is 30.7 Å². The lowest BCUT2D eigenvalue weighted by atomic mass is 10.1. The number of aryl methyl sites for hydroxylation is 2. The van der Waals surface area contributed by atoms with Gasteiger partial charge in [0.25, 0.3) is 5.91 Å². The van der Waals surface area contributed by atoms with Gasteiger partial charge in [-0.3, -0.25) is 29.9 Å². The van der Waals surface area contributed by atoms with Crippen molar-refractivity contribution in [2.45, 2.75) is 39.7 Å². The van der Waals surface area contributed by atoms with Crippen molar-refractivity contribution >= 4 is 23.4 Å². The summed E-state index contributed by atoms with van der Waals surface area (Å²) in [5.41, 5.74) is 8.17. The van der Waals surface area contributed by atoms with Crippen LogP contribution in [0.3, 0.4) is 0 Å². The highest BCUT2D eigenvalue weighted by Gasteiger charge is 2.21. The highest BCUT2D eigenvalue weighted by molar-refractivity contribution is 5.95. The lowest BCUT2D eigenvalue weighted by Crippen LogP contribution is -2.44. The van der Waals surface area contributed by atoms with Gasteiger partial charge in [-0.1, -0.05) is 12.1 Å². The minimum atomic E-state index is -0.350. The van der Waals surface area contributed by atoms with E-state index < -0.39 is 0 Å². The Kier molecular flexibility index (Phi) is 5.54. The van der Waals surface area contributed by atoms with Crippen molar-refractivity contribution < 1.29 is 14.4 Å². The Hall–Kier alpha value is -3.16. The fraction of sp³-hybridized carbons (Fsp3) is 0.368. The van der Waals surface area contributed by atoms with E-state index in [1.165, 1.54) is 0 Å². The molecule has 0 saturated carbocycles. The molecule has 1 aromatic heterocycles. The van der Waals surface area contributed by atoms with E-state index in [4.69, 9.17) is 0 Å². The van der Waals surface area contributed by atoms with Gasteiger partial charge in [0.15, 0.2) is 0 Å². The lowest BCUT2D eigenvalue weighted by molar-refractivity contribution is -0.129. The van der Waals surface area contributed by atoms with Crippen molar-refractivity contribution in [3.8, 4) is 0 Å². The number of rotatable bonds is 5. The second-order valence-electron chi connectivity index (χ2n) is 6.67. The normalized spacial score (nSPS) is 13.7.